The summed E-state index contributed by atoms with van der Waals surface area (Å²) >= 11 is 0. The zero-order valence-electron chi connectivity index (χ0n) is 12.0. The van der Waals surface area contributed by atoms with Gasteiger partial charge in [-0.25, -0.2) is 4.39 Å². The first kappa shape index (κ1) is 15.0. The number of carboxylic acids is 1. The Morgan fingerprint density at radius 1 is 1.19 bits per heavy atom. The lowest BCUT2D eigenvalue weighted by molar-refractivity contribution is -0.143. The number of carbonyl (C=O) groups is 1. The van der Waals surface area contributed by atoms with Gasteiger partial charge in [0.1, 0.15) is 11.6 Å². The van der Waals surface area contributed by atoms with Crippen molar-refractivity contribution in [3.8, 4) is 5.75 Å². The largest absolute Gasteiger partial charge is 0.496 e. The molecule has 0 heterocycles. The van der Waals surface area contributed by atoms with Crippen LogP contribution in [0.25, 0.3) is 0 Å². The second-order valence-electron chi connectivity index (χ2n) is 5.14. The summed E-state index contributed by atoms with van der Waals surface area (Å²) < 4.78 is 18.3. The van der Waals surface area contributed by atoms with Gasteiger partial charge in [0, 0.05) is 5.56 Å². The first-order valence-corrected chi connectivity index (χ1v) is 6.58. The van der Waals surface area contributed by atoms with Crippen molar-refractivity contribution in [1.29, 1.82) is 0 Å². The minimum atomic E-state index is -1.15. The first-order chi connectivity index (χ1) is 9.97. The average Bonchev–Trinajstić information content (AvgIpc) is 2.49. The van der Waals surface area contributed by atoms with Crippen molar-refractivity contribution >= 4 is 5.97 Å². The molecule has 0 aliphatic carbocycles. The van der Waals surface area contributed by atoms with E-state index in [9.17, 15) is 14.3 Å². The van der Waals surface area contributed by atoms with Crippen molar-refractivity contribution in [3.63, 3.8) is 0 Å². The maximum Gasteiger partial charge on any atom is 0.314 e. The van der Waals surface area contributed by atoms with Crippen molar-refractivity contribution in [2.45, 2.75) is 18.8 Å². The molecule has 0 bridgehead atoms. The fraction of sp³-hybridized carbons (Fsp3) is 0.235. The number of methoxy groups -OCH3 is 1. The van der Waals surface area contributed by atoms with Gasteiger partial charge in [0.25, 0.3) is 0 Å². The van der Waals surface area contributed by atoms with E-state index in [1.807, 2.05) is 0 Å². The van der Waals surface area contributed by atoms with Gasteiger partial charge in [-0.15, -0.1) is 0 Å². The van der Waals surface area contributed by atoms with Crippen LogP contribution in [0.5, 0.6) is 5.75 Å². The number of para-hydroxylation sites is 1. The Hall–Kier alpha value is -2.36. The van der Waals surface area contributed by atoms with Crippen molar-refractivity contribution in [3.05, 3.63) is 65.5 Å². The third kappa shape index (κ3) is 3.05. The topological polar surface area (TPSA) is 46.5 Å². The Kier molecular flexibility index (Phi) is 4.26. The summed E-state index contributed by atoms with van der Waals surface area (Å²) in [6.07, 6.45) is 0.253. The van der Waals surface area contributed by atoms with Gasteiger partial charge in [0.05, 0.1) is 12.5 Å². The molecule has 0 fully saturated rings. The summed E-state index contributed by atoms with van der Waals surface area (Å²) in [5, 5.41) is 9.69. The van der Waals surface area contributed by atoms with Crippen LogP contribution in [0.3, 0.4) is 0 Å². The molecule has 0 aromatic heterocycles. The molecule has 0 radical (unpaired) electrons. The fourth-order valence-corrected chi connectivity index (χ4v) is 2.40. The van der Waals surface area contributed by atoms with Crippen LogP contribution in [0, 0.1) is 5.82 Å². The van der Waals surface area contributed by atoms with Crippen LogP contribution in [-0.2, 0) is 16.6 Å². The number of rotatable bonds is 5. The van der Waals surface area contributed by atoms with Crippen LogP contribution in [0.15, 0.2) is 48.5 Å². The molecule has 4 heteroatoms. The number of aliphatic carboxylic acids is 1. The first-order valence-electron chi connectivity index (χ1n) is 6.58. The van der Waals surface area contributed by atoms with E-state index < -0.39 is 11.4 Å². The maximum absolute atomic E-state index is 13.0. The van der Waals surface area contributed by atoms with Crippen LogP contribution in [-0.4, -0.2) is 18.2 Å². The predicted molar refractivity (Wildman–Crippen MR) is 78.1 cm³/mol. The highest BCUT2D eigenvalue weighted by molar-refractivity contribution is 5.82. The molecule has 2 aromatic rings. The number of carboxylic acid groups (broad SMARTS) is 1. The highest BCUT2D eigenvalue weighted by atomic mass is 19.1. The molecule has 0 aliphatic heterocycles. The molecule has 0 saturated carbocycles. The van der Waals surface area contributed by atoms with E-state index in [1.165, 1.54) is 19.2 Å². The van der Waals surface area contributed by atoms with E-state index in [-0.39, 0.29) is 12.2 Å². The lowest BCUT2D eigenvalue weighted by Crippen LogP contribution is -2.35. The molecule has 2 rings (SSSR count). The lowest BCUT2D eigenvalue weighted by atomic mass is 9.77. The number of halogens is 1. The van der Waals surface area contributed by atoms with Gasteiger partial charge in [-0.1, -0.05) is 30.3 Å². The Balaban J connectivity index is 2.45. The molecule has 1 atom stereocenters. The van der Waals surface area contributed by atoms with Gasteiger partial charge in [-0.05, 0) is 37.1 Å². The normalized spacial score (nSPS) is 13.5. The van der Waals surface area contributed by atoms with Gasteiger partial charge in [-0.2, -0.15) is 0 Å². The van der Waals surface area contributed by atoms with Gasteiger partial charge in [-0.3, -0.25) is 4.79 Å². The minimum Gasteiger partial charge on any atom is -0.496 e. The van der Waals surface area contributed by atoms with E-state index in [2.05, 4.69) is 0 Å². The van der Waals surface area contributed by atoms with Gasteiger partial charge >= 0.3 is 5.97 Å². The highest BCUT2D eigenvalue weighted by Gasteiger charge is 2.37. The number of hydrogen-bond donors (Lipinski definition) is 1. The van der Waals surface area contributed by atoms with E-state index >= 15 is 0 Å². The molecule has 0 spiro atoms. The maximum atomic E-state index is 13.0. The molecule has 1 unspecified atom stereocenters. The van der Waals surface area contributed by atoms with Crippen LogP contribution < -0.4 is 4.74 Å². The number of benzene rings is 2. The third-order valence-electron chi connectivity index (χ3n) is 3.64. The smallest absolute Gasteiger partial charge is 0.314 e. The molecule has 0 aliphatic rings. The van der Waals surface area contributed by atoms with E-state index in [1.54, 1.807) is 43.3 Å². The van der Waals surface area contributed by atoms with Crippen molar-refractivity contribution < 1.29 is 19.0 Å². The molecular weight excluding hydrogens is 271 g/mol. The fourth-order valence-electron chi connectivity index (χ4n) is 2.40. The van der Waals surface area contributed by atoms with Crippen LogP contribution >= 0.6 is 0 Å². The van der Waals surface area contributed by atoms with Crippen LogP contribution in [0.1, 0.15) is 18.1 Å². The Morgan fingerprint density at radius 3 is 2.38 bits per heavy atom. The highest BCUT2D eigenvalue weighted by Crippen LogP contribution is 2.35. The second kappa shape index (κ2) is 5.95. The molecule has 21 heavy (non-hydrogen) atoms. The molecule has 110 valence electrons. The van der Waals surface area contributed by atoms with Crippen molar-refractivity contribution in [2.75, 3.05) is 7.11 Å². The van der Waals surface area contributed by atoms with Gasteiger partial charge < -0.3 is 9.84 Å². The Bertz CT molecular complexity index is 637. The summed E-state index contributed by atoms with van der Waals surface area (Å²) in [7, 11) is 1.51. The SMILES string of the molecule is COc1ccccc1C(C)(Cc1ccc(F)cc1)C(=O)O. The summed E-state index contributed by atoms with van der Waals surface area (Å²) in [6.45, 7) is 1.65. The molecule has 1 N–H and O–H groups in total. The average molecular weight is 288 g/mol. The standard InChI is InChI=1S/C17H17FO3/c1-17(16(19)20,11-12-7-9-13(18)10-8-12)14-5-3-4-6-15(14)21-2/h3-10H,11H2,1-2H3,(H,19,20). The van der Waals surface area contributed by atoms with Crippen LogP contribution in [0.4, 0.5) is 4.39 Å². The Morgan fingerprint density at radius 2 is 1.81 bits per heavy atom. The number of ether oxygens (including phenoxy) is 1. The second-order valence-corrected chi connectivity index (χ2v) is 5.14. The summed E-state index contributed by atoms with van der Waals surface area (Å²) in [5.41, 5.74) is 0.210. The molecule has 3 nitrogen and oxygen atoms in total. The quantitative estimate of drug-likeness (QED) is 0.917. The van der Waals surface area contributed by atoms with E-state index in [0.717, 1.165) is 5.56 Å². The third-order valence-corrected chi connectivity index (χ3v) is 3.64. The monoisotopic (exact) mass is 288 g/mol. The number of hydrogen-bond acceptors (Lipinski definition) is 2. The van der Waals surface area contributed by atoms with E-state index in [4.69, 9.17) is 4.74 Å². The van der Waals surface area contributed by atoms with Crippen LogP contribution in [0.2, 0.25) is 0 Å². The lowest BCUT2D eigenvalue weighted by Gasteiger charge is -2.27. The molecule has 0 amide bonds. The molecule has 0 saturated heterocycles. The zero-order chi connectivity index (χ0) is 15.5. The predicted octanol–water partition coefficient (Wildman–Crippen LogP) is 3.42. The molecule has 2 aromatic carbocycles. The van der Waals surface area contributed by atoms with Crippen molar-refractivity contribution in [2.24, 2.45) is 0 Å². The van der Waals surface area contributed by atoms with Crippen molar-refractivity contribution in [1.82, 2.24) is 0 Å². The van der Waals surface area contributed by atoms with Gasteiger partial charge in [0.15, 0.2) is 0 Å². The Labute approximate surface area is 123 Å². The summed E-state index contributed by atoms with van der Waals surface area (Å²) in [6, 6.07) is 12.9. The summed E-state index contributed by atoms with van der Waals surface area (Å²) in [5.74, 6) is -0.756. The zero-order valence-corrected chi connectivity index (χ0v) is 12.0. The summed E-state index contributed by atoms with van der Waals surface area (Å²) in [4.78, 5) is 11.8. The minimum absolute atomic E-state index is 0.253. The van der Waals surface area contributed by atoms with E-state index in [0.29, 0.717) is 11.3 Å². The van der Waals surface area contributed by atoms with Gasteiger partial charge in [0.2, 0.25) is 0 Å². The molecular formula is C17H17FO3.